The molecule has 3 rings (SSSR count). The first kappa shape index (κ1) is 13.8. The van der Waals surface area contributed by atoms with E-state index in [-0.39, 0.29) is 18.0 Å². The normalized spacial score (nSPS) is 25.8. The standard InChI is InChI=1S/C14H23N3O3/c18-13(16-14(19)15-11-1-2-11)8-17(12-3-4-12)7-10-5-6-20-9-10/h10-12H,1-9H2,(H2,15,16,18,19)/t10-/m0/s1. The molecule has 0 spiro atoms. The highest BCUT2D eigenvalue weighted by Gasteiger charge is 2.33. The number of carbonyl (C=O) groups is 2. The molecule has 3 aliphatic rings. The van der Waals surface area contributed by atoms with Gasteiger partial charge < -0.3 is 10.1 Å². The zero-order valence-electron chi connectivity index (χ0n) is 11.8. The summed E-state index contributed by atoms with van der Waals surface area (Å²) < 4.78 is 5.39. The van der Waals surface area contributed by atoms with Crippen molar-refractivity contribution in [3.8, 4) is 0 Å². The molecule has 1 atom stereocenters. The minimum Gasteiger partial charge on any atom is -0.381 e. The van der Waals surface area contributed by atoms with E-state index in [4.69, 9.17) is 4.74 Å². The summed E-state index contributed by atoms with van der Waals surface area (Å²) in [5.74, 6) is 0.331. The minimum atomic E-state index is -0.350. The number of nitrogens with one attached hydrogen (secondary N) is 2. The van der Waals surface area contributed by atoms with Gasteiger partial charge in [-0.2, -0.15) is 0 Å². The lowest BCUT2D eigenvalue weighted by Crippen LogP contribution is -2.46. The van der Waals surface area contributed by atoms with Crippen LogP contribution in [0.3, 0.4) is 0 Å². The van der Waals surface area contributed by atoms with E-state index in [9.17, 15) is 9.59 Å². The number of hydrogen-bond donors (Lipinski definition) is 2. The largest absolute Gasteiger partial charge is 0.381 e. The summed E-state index contributed by atoms with van der Waals surface area (Å²) in [6.45, 7) is 2.85. The lowest BCUT2D eigenvalue weighted by molar-refractivity contribution is -0.121. The summed E-state index contributed by atoms with van der Waals surface area (Å²) in [6, 6.07) is 0.447. The molecule has 3 amide bonds. The van der Waals surface area contributed by atoms with Gasteiger partial charge in [-0.1, -0.05) is 0 Å². The molecule has 6 nitrogen and oxygen atoms in total. The number of ether oxygens (including phenoxy) is 1. The molecule has 1 aliphatic heterocycles. The molecule has 2 saturated carbocycles. The third-order valence-corrected chi connectivity index (χ3v) is 4.09. The van der Waals surface area contributed by atoms with E-state index >= 15 is 0 Å². The lowest BCUT2D eigenvalue weighted by Gasteiger charge is -2.23. The minimum absolute atomic E-state index is 0.200. The molecule has 0 aromatic heterocycles. The molecule has 3 fully saturated rings. The molecule has 6 heteroatoms. The van der Waals surface area contributed by atoms with Gasteiger partial charge in [-0.3, -0.25) is 15.0 Å². The number of carbonyl (C=O) groups excluding carboxylic acids is 2. The van der Waals surface area contributed by atoms with Gasteiger partial charge in [0.25, 0.3) is 0 Å². The van der Waals surface area contributed by atoms with Gasteiger partial charge >= 0.3 is 6.03 Å². The van der Waals surface area contributed by atoms with Crippen LogP contribution in [0.25, 0.3) is 0 Å². The predicted molar refractivity (Wildman–Crippen MR) is 73.2 cm³/mol. The van der Waals surface area contributed by atoms with Crippen molar-refractivity contribution in [1.29, 1.82) is 0 Å². The van der Waals surface area contributed by atoms with Crippen LogP contribution in [0, 0.1) is 5.92 Å². The van der Waals surface area contributed by atoms with Crippen molar-refractivity contribution in [3.05, 3.63) is 0 Å². The van der Waals surface area contributed by atoms with Crippen LogP contribution in [-0.4, -0.2) is 55.2 Å². The molecule has 2 N–H and O–H groups in total. The maximum atomic E-state index is 11.9. The van der Waals surface area contributed by atoms with Gasteiger partial charge in [-0.05, 0) is 38.0 Å². The molecule has 1 heterocycles. The fourth-order valence-corrected chi connectivity index (χ4v) is 2.64. The van der Waals surface area contributed by atoms with Crippen molar-refractivity contribution >= 4 is 11.9 Å². The monoisotopic (exact) mass is 281 g/mol. The van der Waals surface area contributed by atoms with E-state index in [1.807, 2.05) is 0 Å². The van der Waals surface area contributed by atoms with Gasteiger partial charge in [0, 0.05) is 25.2 Å². The SMILES string of the molecule is O=C(CN(C[C@@H]1CCOC1)C1CC1)NC(=O)NC1CC1. The molecule has 0 radical (unpaired) electrons. The number of urea groups is 1. The number of hydrogen-bond acceptors (Lipinski definition) is 4. The molecular formula is C14H23N3O3. The second-order valence-corrected chi connectivity index (χ2v) is 6.19. The van der Waals surface area contributed by atoms with E-state index in [0.29, 0.717) is 18.5 Å². The highest BCUT2D eigenvalue weighted by molar-refractivity contribution is 5.95. The first-order chi connectivity index (χ1) is 9.70. The summed E-state index contributed by atoms with van der Waals surface area (Å²) in [4.78, 5) is 25.7. The molecule has 0 aromatic carbocycles. The fraction of sp³-hybridized carbons (Fsp3) is 0.857. The fourth-order valence-electron chi connectivity index (χ4n) is 2.64. The third kappa shape index (κ3) is 4.18. The Kier molecular flexibility index (Phi) is 4.21. The summed E-state index contributed by atoms with van der Waals surface area (Å²) in [5.41, 5.74) is 0. The molecule has 20 heavy (non-hydrogen) atoms. The Bertz CT molecular complexity index is 374. The highest BCUT2D eigenvalue weighted by Crippen LogP contribution is 2.28. The Hall–Kier alpha value is -1.14. The number of nitrogens with zero attached hydrogens (tertiary/aromatic N) is 1. The first-order valence-electron chi connectivity index (χ1n) is 7.63. The Labute approximate surface area is 119 Å². The van der Waals surface area contributed by atoms with Crippen LogP contribution in [0.1, 0.15) is 32.1 Å². The maximum Gasteiger partial charge on any atom is 0.321 e. The summed E-state index contributed by atoms with van der Waals surface area (Å²) >= 11 is 0. The smallest absolute Gasteiger partial charge is 0.321 e. The molecule has 0 aromatic rings. The second-order valence-electron chi connectivity index (χ2n) is 6.19. The van der Waals surface area contributed by atoms with Gasteiger partial charge in [0.15, 0.2) is 0 Å². The Balaban J connectivity index is 1.42. The third-order valence-electron chi connectivity index (χ3n) is 4.09. The molecule has 0 bridgehead atoms. The molecular weight excluding hydrogens is 258 g/mol. The molecule has 0 unspecified atom stereocenters. The zero-order valence-corrected chi connectivity index (χ0v) is 11.8. The van der Waals surface area contributed by atoms with Gasteiger partial charge in [0.2, 0.25) is 5.91 Å². The van der Waals surface area contributed by atoms with E-state index in [2.05, 4.69) is 15.5 Å². The average Bonchev–Trinajstić information content (AvgIpc) is 3.31. The van der Waals surface area contributed by atoms with Crippen LogP contribution < -0.4 is 10.6 Å². The van der Waals surface area contributed by atoms with Crippen molar-refractivity contribution in [2.24, 2.45) is 5.92 Å². The average molecular weight is 281 g/mol. The first-order valence-corrected chi connectivity index (χ1v) is 7.63. The second kappa shape index (κ2) is 6.10. The van der Waals surface area contributed by atoms with Crippen molar-refractivity contribution in [3.63, 3.8) is 0 Å². The van der Waals surface area contributed by atoms with Crippen LogP contribution in [-0.2, 0) is 9.53 Å². The summed E-state index contributed by atoms with van der Waals surface area (Å²) in [7, 11) is 0. The number of imide groups is 1. The molecule has 1 saturated heterocycles. The number of amides is 3. The summed E-state index contributed by atoms with van der Waals surface area (Å²) in [5, 5.41) is 5.19. The quantitative estimate of drug-likeness (QED) is 0.743. The van der Waals surface area contributed by atoms with Crippen LogP contribution in [0.4, 0.5) is 4.79 Å². The Morgan fingerprint density at radius 1 is 1.15 bits per heavy atom. The van der Waals surface area contributed by atoms with Gasteiger partial charge in [-0.15, -0.1) is 0 Å². The summed E-state index contributed by atoms with van der Waals surface area (Å²) in [6.07, 6.45) is 5.45. The van der Waals surface area contributed by atoms with Crippen molar-refractivity contribution in [1.82, 2.24) is 15.5 Å². The Morgan fingerprint density at radius 3 is 2.55 bits per heavy atom. The zero-order chi connectivity index (χ0) is 13.9. The molecule has 2 aliphatic carbocycles. The lowest BCUT2D eigenvalue weighted by atomic mass is 10.1. The van der Waals surface area contributed by atoms with Crippen LogP contribution in [0.15, 0.2) is 0 Å². The molecule has 112 valence electrons. The van der Waals surface area contributed by atoms with E-state index in [0.717, 1.165) is 51.9 Å². The van der Waals surface area contributed by atoms with Crippen LogP contribution in [0.2, 0.25) is 0 Å². The van der Waals surface area contributed by atoms with E-state index in [1.54, 1.807) is 0 Å². The van der Waals surface area contributed by atoms with E-state index < -0.39 is 0 Å². The Morgan fingerprint density at radius 2 is 1.95 bits per heavy atom. The van der Waals surface area contributed by atoms with E-state index in [1.165, 1.54) is 0 Å². The highest BCUT2D eigenvalue weighted by atomic mass is 16.5. The topological polar surface area (TPSA) is 70.7 Å². The van der Waals surface area contributed by atoms with Crippen LogP contribution >= 0.6 is 0 Å². The van der Waals surface area contributed by atoms with Crippen molar-refractivity contribution < 1.29 is 14.3 Å². The van der Waals surface area contributed by atoms with Gasteiger partial charge in [0.1, 0.15) is 0 Å². The van der Waals surface area contributed by atoms with Crippen LogP contribution in [0.5, 0.6) is 0 Å². The maximum absolute atomic E-state index is 11.9. The predicted octanol–water partition coefficient (Wildman–Crippen LogP) is 0.476. The van der Waals surface area contributed by atoms with Gasteiger partial charge in [-0.25, -0.2) is 4.79 Å². The van der Waals surface area contributed by atoms with Crippen molar-refractivity contribution in [2.45, 2.75) is 44.2 Å². The number of rotatable bonds is 6. The van der Waals surface area contributed by atoms with Crippen molar-refractivity contribution in [2.75, 3.05) is 26.3 Å². The van der Waals surface area contributed by atoms with Gasteiger partial charge in [0.05, 0.1) is 13.2 Å².